The molecule has 0 heterocycles. The van der Waals surface area contributed by atoms with Crippen LogP contribution in [0.15, 0.2) is 54.6 Å². The van der Waals surface area contributed by atoms with Crippen molar-refractivity contribution in [2.24, 2.45) is 5.73 Å². The first kappa shape index (κ1) is 20.7. The average Bonchev–Trinajstić information content (AvgIpc) is 2.61. The van der Waals surface area contributed by atoms with Crippen LogP contribution in [0.4, 0.5) is 0 Å². The number of carbonyl (C=O) groups excluding carboxylic acids is 2. The lowest BCUT2D eigenvalue weighted by Gasteiger charge is -2.12. The highest BCUT2D eigenvalue weighted by Gasteiger charge is 2.11. The largest absolute Gasteiger partial charge is 0.352 e. The van der Waals surface area contributed by atoms with Crippen LogP contribution in [0.5, 0.6) is 0 Å². The average molecular weight is 362 g/mol. The zero-order valence-corrected chi connectivity index (χ0v) is 15.0. The Bertz CT molecular complexity index is 692. The Kier molecular flexibility index (Phi) is 8.67. The van der Waals surface area contributed by atoms with Gasteiger partial charge in [-0.3, -0.25) is 9.59 Å². The molecule has 2 rings (SSSR count). The molecule has 0 aliphatic heterocycles. The maximum Gasteiger partial charge on any atom is 0.251 e. The van der Waals surface area contributed by atoms with Crippen LogP contribution in [0.2, 0.25) is 0 Å². The Morgan fingerprint density at radius 2 is 1.76 bits per heavy atom. The molecule has 4 N–H and O–H groups in total. The van der Waals surface area contributed by atoms with Gasteiger partial charge in [-0.05, 0) is 30.2 Å². The second-order valence-corrected chi connectivity index (χ2v) is 5.56. The summed E-state index contributed by atoms with van der Waals surface area (Å²) in [5, 5.41) is 5.60. The van der Waals surface area contributed by atoms with Crippen molar-refractivity contribution in [2.45, 2.75) is 25.9 Å². The minimum absolute atomic E-state index is 0. The van der Waals surface area contributed by atoms with Crippen molar-refractivity contribution in [1.29, 1.82) is 0 Å². The number of nitrogens with one attached hydrogen (secondary N) is 2. The van der Waals surface area contributed by atoms with Crippen LogP contribution in [-0.2, 0) is 11.3 Å². The standard InChI is InChI=1S/C19H23N3O2.ClH/c1-2-21-19(24)16-10-6-7-14(11-16)13-22-18(23)12-17(20)15-8-4-3-5-9-15;/h3-11,17H,2,12-13,20H2,1H3,(H,21,24)(H,22,23);1H. The zero-order valence-electron chi connectivity index (χ0n) is 14.2. The number of hydrogen-bond donors (Lipinski definition) is 3. The lowest BCUT2D eigenvalue weighted by Crippen LogP contribution is -2.27. The van der Waals surface area contributed by atoms with Gasteiger partial charge in [0.15, 0.2) is 0 Å². The molecule has 0 saturated carbocycles. The van der Waals surface area contributed by atoms with Crippen LogP contribution < -0.4 is 16.4 Å². The lowest BCUT2D eigenvalue weighted by atomic mass is 10.0. The summed E-state index contributed by atoms with van der Waals surface area (Å²) in [6.45, 7) is 2.82. The van der Waals surface area contributed by atoms with Gasteiger partial charge in [-0.2, -0.15) is 0 Å². The smallest absolute Gasteiger partial charge is 0.251 e. The van der Waals surface area contributed by atoms with Crippen LogP contribution in [0, 0.1) is 0 Å². The van der Waals surface area contributed by atoms with E-state index in [1.807, 2.05) is 49.4 Å². The Labute approximate surface area is 154 Å². The molecule has 0 spiro atoms. The topological polar surface area (TPSA) is 84.2 Å². The van der Waals surface area contributed by atoms with E-state index in [4.69, 9.17) is 5.73 Å². The highest BCUT2D eigenvalue weighted by molar-refractivity contribution is 5.94. The summed E-state index contributed by atoms with van der Waals surface area (Å²) in [6.07, 6.45) is 0.222. The van der Waals surface area contributed by atoms with Crippen LogP contribution in [0.1, 0.15) is 40.9 Å². The summed E-state index contributed by atoms with van der Waals surface area (Å²) in [4.78, 5) is 23.9. The fraction of sp³-hybridized carbons (Fsp3) is 0.263. The fourth-order valence-electron chi connectivity index (χ4n) is 2.38. The van der Waals surface area contributed by atoms with Crippen molar-refractivity contribution in [1.82, 2.24) is 10.6 Å². The van der Waals surface area contributed by atoms with Gasteiger partial charge in [-0.15, -0.1) is 12.4 Å². The second kappa shape index (κ2) is 10.5. The van der Waals surface area contributed by atoms with E-state index in [0.29, 0.717) is 18.7 Å². The Balaban J connectivity index is 0.00000312. The van der Waals surface area contributed by atoms with Crippen LogP contribution >= 0.6 is 12.4 Å². The van der Waals surface area contributed by atoms with Gasteiger partial charge in [-0.1, -0.05) is 42.5 Å². The number of nitrogens with two attached hydrogens (primary N) is 1. The summed E-state index contributed by atoms with van der Waals surface area (Å²) < 4.78 is 0. The van der Waals surface area contributed by atoms with Crippen LogP contribution in [0.25, 0.3) is 0 Å². The monoisotopic (exact) mass is 361 g/mol. The first-order valence-electron chi connectivity index (χ1n) is 8.04. The van der Waals surface area contributed by atoms with Crippen molar-refractivity contribution in [2.75, 3.05) is 6.54 Å². The van der Waals surface area contributed by atoms with Gasteiger partial charge >= 0.3 is 0 Å². The molecule has 2 aromatic rings. The molecule has 0 fully saturated rings. The summed E-state index contributed by atoms with van der Waals surface area (Å²) in [6, 6.07) is 16.4. The van der Waals surface area contributed by atoms with Gasteiger partial charge in [0, 0.05) is 31.1 Å². The highest BCUT2D eigenvalue weighted by atomic mass is 35.5. The van der Waals surface area contributed by atoms with E-state index in [9.17, 15) is 9.59 Å². The molecule has 2 amide bonds. The van der Waals surface area contributed by atoms with E-state index < -0.39 is 0 Å². The van der Waals surface area contributed by atoms with Crippen molar-refractivity contribution >= 4 is 24.2 Å². The number of benzene rings is 2. The molecule has 5 nitrogen and oxygen atoms in total. The molecule has 6 heteroatoms. The van der Waals surface area contributed by atoms with E-state index in [-0.39, 0.29) is 36.7 Å². The van der Waals surface area contributed by atoms with Crippen molar-refractivity contribution in [3.63, 3.8) is 0 Å². The minimum atomic E-state index is -0.326. The van der Waals surface area contributed by atoms with Crippen LogP contribution in [0.3, 0.4) is 0 Å². The number of amides is 2. The second-order valence-electron chi connectivity index (χ2n) is 5.56. The Morgan fingerprint density at radius 3 is 2.44 bits per heavy atom. The fourth-order valence-corrected chi connectivity index (χ4v) is 2.38. The molecule has 0 saturated heterocycles. The predicted molar refractivity (Wildman–Crippen MR) is 102 cm³/mol. The van der Waals surface area contributed by atoms with Crippen LogP contribution in [-0.4, -0.2) is 18.4 Å². The summed E-state index contributed by atoms with van der Waals surface area (Å²) >= 11 is 0. The molecule has 0 bridgehead atoms. The number of carbonyl (C=O) groups is 2. The molecular formula is C19H24ClN3O2. The molecule has 25 heavy (non-hydrogen) atoms. The van der Waals surface area contributed by atoms with Crippen molar-refractivity contribution < 1.29 is 9.59 Å². The molecule has 1 atom stereocenters. The third kappa shape index (κ3) is 6.57. The molecular weight excluding hydrogens is 338 g/mol. The number of halogens is 1. The molecule has 0 aliphatic carbocycles. The van der Waals surface area contributed by atoms with Gasteiger partial charge in [0.25, 0.3) is 5.91 Å². The van der Waals surface area contributed by atoms with Gasteiger partial charge < -0.3 is 16.4 Å². The Hall–Kier alpha value is -2.37. The van der Waals surface area contributed by atoms with Crippen molar-refractivity contribution in [3.05, 3.63) is 71.3 Å². The van der Waals surface area contributed by atoms with E-state index in [1.165, 1.54) is 0 Å². The predicted octanol–water partition coefficient (Wildman–Crippen LogP) is 2.56. The molecule has 0 aromatic heterocycles. The molecule has 0 radical (unpaired) electrons. The maximum absolute atomic E-state index is 12.1. The summed E-state index contributed by atoms with van der Waals surface area (Å²) in [7, 11) is 0. The van der Waals surface area contributed by atoms with Crippen molar-refractivity contribution in [3.8, 4) is 0 Å². The van der Waals surface area contributed by atoms with Gasteiger partial charge in [0.1, 0.15) is 0 Å². The molecule has 134 valence electrons. The summed E-state index contributed by atoms with van der Waals surface area (Å²) in [5.74, 6) is -0.230. The quantitative estimate of drug-likeness (QED) is 0.708. The molecule has 2 aromatic carbocycles. The molecule has 0 aliphatic rings. The maximum atomic E-state index is 12.1. The van der Waals surface area contributed by atoms with E-state index in [0.717, 1.165) is 11.1 Å². The number of hydrogen-bond acceptors (Lipinski definition) is 3. The zero-order chi connectivity index (χ0) is 17.4. The highest BCUT2D eigenvalue weighted by Crippen LogP contribution is 2.13. The molecule has 1 unspecified atom stereocenters. The van der Waals surface area contributed by atoms with Gasteiger partial charge in [-0.25, -0.2) is 0 Å². The van der Waals surface area contributed by atoms with Gasteiger partial charge in [0.2, 0.25) is 5.91 Å². The Morgan fingerprint density at radius 1 is 1.04 bits per heavy atom. The third-order valence-corrected chi connectivity index (χ3v) is 3.65. The van der Waals surface area contributed by atoms with E-state index >= 15 is 0 Å². The van der Waals surface area contributed by atoms with E-state index in [1.54, 1.807) is 12.1 Å². The SMILES string of the molecule is CCNC(=O)c1cccc(CNC(=O)CC(N)c2ccccc2)c1.Cl. The lowest BCUT2D eigenvalue weighted by molar-refractivity contribution is -0.121. The van der Waals surface area contributed by atoms with E-state index in [2.05, 4.69) is 10.6 Å². The normalized spacial score (nSPS) is 11.1. The number of rotatable bonds is 7. The first-order chi connectivity index (χ1) is 11.6. The van der Waals surface area contributed by atoms with Gasteiger partial charge in [0.05, 0.1) is 0 Å². The summed E-state index contributed by atoms with van der Waals surface area (Å²) in [5.41, 5.74) is 8.45. The first-order valence-corrected chi connectivity index (χ1v) is 8.04. The minimum Gasteiger partial charge on any atom is -0.352 e. The third-order valence-electron chi connectivity index (χ3n) is 3.65.